The lowest BCUT2D eigenvalue weighted by Gasteiger charge is -2.08. The van der Waals surface area contributed by atoms with Crippen LogP contribution >= 0.6 is 11.3 Å². The Balaban J connectivity index is 1.65. The number of para-hydroxylation sites is 1. The second-order valence-electron chi connectivity index (χ2n) is 5.17. The van der Waals surface area contributed by atoms with Crippen LogP contribution in [0.4, 0.5) is 0 Å². The number of nitrogens with zero attached hydrogens (tertiary/aromatic N) is 2. The molecule has 5 heteroatoms. The van der Waals surface area contributed by atoms with Crippen LogP contribution < -0.4 is 0 Å². The maximum atomic E-state index is 11.9. The normalized spacial score (nSPS) is 12.6. The number of hydrogen-bond acceptors (Lipinski definition) is 5. The third kappa shape index (κ3) is 3.81. The molecular weight excluding hydrogens is 308 g/mol. The second kappa shape index (κ2) is 6.71. The van der Waals surface area contributed by atoms with E-state index >= 15 is 0 Å². The van der Waals surface area contributed by atoms with Crippen molar-refractivity contribution < 1.29 is 9.53 Å². The van der Waals surface area contributed by atoms with Crippen molar-refractivity contribution in [2.24, 2.45) is 0 Å². The maximum Gasteiger partial charge on any atom is 0.331 e. The molecule has 0 N–H and O–H groups in total. The summed E-state index contributed by atoms with van der Waals surface area (Å²) >= 11 is 1.54. The highest BCUT2D eigenvalue weighted by Gasteiger charge is 2.14. The molecule has 116 valence electrons. The third-order valence-electron chi connectivity index (χ3n) is 3.30. The SMILES string of the molecule is Cc1ccc(/C=C/C(=O)OC(C)c2nc3ccccc3s2)cn1. The van der Waals surface area contributed by atoms with E-state index in [2.05, 4.69) is 9.97 Å². The van der Waals surface area contributed by atoms with E-state index in [9.17, 15) is 4.79 Å². The first-order valence-electron chi connectivity index (χ1n) is 7.28. The predicted octanol–water partition coefficient (Wildman–Crippen LogP) is 4.32. The molecule has 23 heavy (non-hydrogen) atoms. The first-order valence-corrected chi connectivity index (χ1v) is 8.10. The zero-order valence-electron chi connectivity index (χ0n) is 12.9. The van der Waals surface area contributed by atoms with E-state index in [-0.39, 0.29) is 6.10 Å². The Hall–Kier alpha value is -2.53. The van der Waals surface area contributed by atoms with E-state index < -0.39 is 5.97 Å². The summed E-state index contributed by atoms with van der Waals surface area (Å²) in [6.07, 6.45) is 4.45. The minimum Gasteiger partial charge on any atom is -0.452 e. The number of hydrogen-bond donors (Lipinski definition) is 0. The largest absolute Gasteiger partial charge is 0.452 e. The number of ether oxygens (including phenoxy) is 1. The van der Waals surface area contributed by atoms with Gasteiger partial charge in [0.15, 0.2) is 6.10 Å². The molecule has 0 saturated heterocycles. The van der Waals surface area contributed by atoms with Gasteiger partial charge in [-0.2, -0.15) is 0 Å². The van der Waals surface area contributed by atoms with E-state index in [1.165, 1.54) is 6.08 Å². The molecule has 0 bridgehead atoms. The van der Waals surface area contributed by atoms with Crippen LogP contribution in [0.15, 0.2) is 48.7 Å². The van der Waals surface area contributed by atoms with Crippen LogP contribution in [0.25, 0.3) is 16.3 Å². The van der Waals surface area contributed by atoms with Gasteiger partial charge in [-0.05, 0) is 43.7 Å². The zero-order valence-corrected chi connectivity index (χ0v) is 13.7. The lowest BCUT2D eigenvalue weighted by molar-refractivity contribution is -0.142. The average Bonchev–Trinajstić information content (AvgIpc) is 2.98. The quantitative estimate of drug-likeness (QED) is 0.530. The van der Waals surface area contributed by atoms with E-state index in [0.717, 1.165) is 26.5 Å². The van der Waals surface area contributed by atoms with Crippen LogP contribution in [-0.4, -0.2) is 15.9 Å². The van der Waals surface area contributed by atoms with Gasteiger partial charge in [0, 0.05) is 18.0 Å². The predicted molar refractivity (Wildman–Crippen MR) is 92.1 cm³/mol. The first kappa shape index (κ1) is 15.4. The van der Waals surface area contributed by atoms with Crippen molar-refractivity contribution in [1.29, 1.82) is 0 Å². The van der Waals surface area contributed by atoms with Crippen molar-refractivity contribution in [1.82, 2.24) is 9.97 Å². The van der Waals surface area contributed by atoms with Crippen molar-refractivity contribution in [3.63, 3.8) is 0 Å². The number of thiazole rings is 1. The van der Waals surface area contributed by atoms with Gasteiger partial charge >= 0.3 is 5.97 Å². The van der Waals surface area contributed by atoms with Crippen LogP contribution in [0.5, 0.6) is 0 Å². The molecule has 3 rings (SSSR count). The number of pyridine rings is 1. The van der Waals surface area contributed by atoms with Gasteiger partial charge in [-0.1, -0.05) is 18.2 Å². The number of aryl methyl sites for hydroxylation is 1. The van der Waals surface area contributed by atoms with E-state index in [4.69, 9.17) is 4.74 Å². The molecular formula is C18H16N2O2S. The lowest BCUT2D eigenvalue weighted by atomic mass is 10.2. The van der Waals surface area contributed by atoms with Gasteiger partial charge in [0.1, 0.15) is 5.01 Å². The fourth-order valence-corrected chi connectivity index (χ4v) is 3.02. The summed E-state index contributed by atoms with van der Waals surface area (Å²) in [6.45, 7) is 3.75. The number of benzene rings is 1. The highest BCUT2D eigenvalue weighted by atomic mass is 32.1. The van der Waals surface area contributed by atoms with Gasteiger partial charge in [0.2, 0.25) is 0 Å². The molecule has 0 aliphatic carbocycles. The van der Waals surface area contributed by atoms with Gasteiger partial charge < -0.3 is 4.74 Å². The molecule has 0 fully saturated rings. The monoisotopic (exact) mass is 324 g/mol. The van der Waals surface area contributed by atoms with Crippen molar-refractivity contribution in [3.05, 3.63) is 64.9 Å². The van der Waals surface area contributed by atoms with Gasteiger partial charge in [0.05, 0.1) is 10.2 Å². The van der Waals surface area contributed by atoms with Crippen molar-refractivity contribution in [2.45, 2.75) is 20.0 Å². The van der Waals surface area contributed by atoms with Gasteiger partial charge in [-0.15, -0.1) is 11.3 Å². The van der Waals surface area contributed by atoms with Crippen molar-refractivity contribution in [2.75, 3.05) is 0 Å². The summed E-state index contributed by atoms with van der Waals surface area (Å²) in [7, 11) is 0. The van der Waals surface area contributed by atoms with Crippen LogP contribution in [0.3, 0.4) is 0 Å². The number of carbonyl (C=O) groups excluding carboxylic acids is 1. The first-order chi connectivity index (χ1) is 11.1. The van der Waals surface area contributed by atoms with Crippen molar-refractivity contribution in [3.8, 4) is 0 Å². The Morgan fingerprint density at radius 3 is 2.83 bits per heavy atom. The third-order valence-corrected chi connectivity index (χ3v) is 4.49. The molecule has 1 aromatic carbocycles. The summed E-state index contributed by atoms with van der Waals surface area (Å²) in [5.41, 5.74) is 2.73. The van der Waals surface area contributed by atoms with Crippen LogP contribution in [0, 0.1) is 6.92 Å². The topological polar surface area (TPSA) is 52.1 Å². The van der Waals surface area contributed by atoms with E-state index in [1.807, 2.05) is 50.2 Å². The molecule has 0 amide bonds. The number of esters is 1. The molecule has 0 spiro atoms. The Bertz CT molecular complexity index is 820. The van der Waals surface area contributed by atoms with Crippen LogP contribution in [0.1, 0.15) is 29.3 Å². The van der Waals surface area contributed by atoms with E-state index in [0.29, 0.717) is 0 Å². The fourth-order valence-electron chi connectivity index (χ4n) is 2.07. The van der Waals surface area contributed by atoms with E-state index in [1.54, 1.807) is 23.6 Å². The van der Waals surface area contributed by atoms with Gasteiger partial charge in [-0.3, -0.25) is 4.98 Å². The summed E-state index contributed by atoms with van der Waals surface area (Å²) in [5.74, 6) is -0.391. The maximum absolute atomic E-state index is 11.9. The van der Waals surface area contributed by atoms with Crippen LogP contribution in [-0.2, 0) is 9.53 Å². The van der Waals surface area contributed by atoms with Gasteiger partial charge in [0.25, 0.3) is 0 Å². The molecule has 0 aliphatic heterocycles. The molecule has 4 nitrogen and oxygen atoms in total. The summed E-state index contributed by atoms with van der Waals surface area (Å²) < 4.78 is 6.50. The zero-order chi connectivity index (χ0) is 16.2. The molecule has 2 heterocycles. The summed E-state index contributed by atoms with van der Waals surface area (Å²) in [6, 6.07) is 11.7. The molecule has 2 aromatic heterocycles. The molecule has 0 radical (unpaired) electrons. The Morgan fingerprint density at radius 2 is 2.09 bits per heavy atom. The van der Waals surface area contributed by atoms with Crippen LogP contribution in [0.2, 0.25) is 0 Å². The standard InChI is InChI=1S/C18H16N2O2S/c1-12-7-8-14(11-19-12)9-10-17(21)22-13(2)18-20-15-5-3-4-6-16(15)23-18/h3-11,13H,1-2H3/b10-9+. The minimum absolute atomic E-state index is 0.374. The highest BCUT2D eigenvalue weighted by Crippen LogP contribution is 2.28. The number of aromatic nitrogens is 2. The molecule has 0 aliphatic rings. The average molecular weight is 324 g/mol. The lowest BCUT2D eigenvalue weighted by Crippen LogP contribution is -2.05. The second-order valence-corrected chi connectivity index (χ2v) is 6.23. The van der Waals surface area contributed by atoms with Gasteiger partial charge in [-0.25, -0.2) is 9.78 Å². The molecule has 0 saturated carbocycles. The molecule has 1 atom stereocenters. The summed E-state index contributed by atoms with van der Waals surface area (Å²) in [5, 5.41) is 0.796. The highest BCUT2D eigenvalue weighted by molar-refractivity contribution is 7.18. The number of carbonyl (C=O) groups is 1. The summed E-state index contributed by atoms with van der Waals surface area (Å²) in [4.78, 5) is 20.6. The Morgan fingerprint density at radius 1 is 1.26 bits per heavy atom. The Labute approximate surface area is 138 Å². The fraction of sp³-hybridized carbons (Fsp3) is 0.167. The minimum atomic E-state index is -0.391. The molecule has 1 unspecified atom stereocenters. The molecule has 3 aromatic rings. The Kier molecular flexibility index (Phi) is 4.48. The van der Waals surface area contributed by atoms with Crippen molar-refractivity contribution >= 4 is 33.6 Å². The smallest absolute Gasteiger partial charge is 0.331 e. The number of rotatable bonds is 4. The number of fused-ring (bicyclic) bond motifs is 1.